The van der Waals surface area contributed by atoms with Crippen molar-refractivity contribution in [3.05, 3.63) is 59.7 Å². The molecule has 1 unspecified atom stereocenters. The number of nitrogens with one attached hydrogen (secondary N) is 1. The molecule has 0 saturated carbocycles. The van der Waals surface area contributed by atoms with Crippen molar-refractivity contribution in [2.24, 2.45) is 0 Å². The van der Waals surface area contributed by atoms with Gasteiger partial charge >= 0.3 is 6.09 Å². The Hall–Kier alpha value is -2.42. The number of carbonyl (C=O) groups excluding carboxylic acids is 1. The van der Waals surface area contributed by atoms with Crippen LogP contribution >= 0.6 is 0 Å². The number of rotatable bonds is 4. The number of amides is 1. The molecule has 2 heterocycles. The van der Waals surface area contributed by atoms with Crippen LogP contribution in [0, 0.1) is 0 Å². The molecule has 1 saturated heterocycles. The summed E-state index contributed by atoms with van der Waals surface area (Å²) in [4.78, 5) is 13.9. The quantitative estimate of drug-likeness (QED) is 0.831. The van der Waals surface area contributed by atoms with Crippen molar-refractivity contribution in [3.8, 4) is 0 Å². The monoisotopic (exact) mass is 415 g/mol. The van der Waals surface area contributed by atoms with Gasteiger partial charge in [0.2, 0.25) is 10.0 Å². The zero-order chi connectivity index (χ0) is 20.4. The Morgan fingerprint density at radius 3 is 2.52 bits per heavy atom. The van der Waals surface area contributed by atoms with Crippen molar-refractivity contribution < 1.29 is 17.9 Å². The van der Waals surface area contributed by atoms with Gasteiger partial charge in [-0.2, -0.15) is 4.31 Å². The predicted octanol–water partition coefficient (Wildman–Crippen LogP) is 2.69. The maximum absolute atomic E-state index is 13.0. The van der Waals surface area contributed by atoms with Crippen LogP contribution in [0.2, 0.25) is 0 Å². The molecule has 2 aliphatic rings. The molecule has 2 aromatic rings. The van der Waals surface area contributed by atoms with Crippen molar-refractivity contribution >= 4 is 21.8 Å². The first-order valence-corrected chi connectivity index (χ1v) is 11.2. The Labute approximate surface area is 171 Å². The first kappa shape index (κ1) is 19.9. The second-order valence-corrected chi connectivity index (χ2v) is 9.37. The van der Waals surface area contributed by atoms with Crippen molar-refractivity contribution in [1.82, 2.24) is 9.21 Å². The lowest BCUT2D eigenvalue weighted by molar-refractivity contribution is 0.185. The van der Waals surface area contributed by atoms with E-state index in [4.69, 9.17) is 0 Å². The largest absolute Gasteiger partial charge is 0.453 e. The van der Waals surface area contributed by atoms with E-state index in [1.807, 2.05) is 0 Å². The topological polar surface area (TPSA) is 78.9 Å². The zero-order valence-corrected chi connectivity index (χ0v) is 17.2. The third-order valence-corrected chi connectivity index (χ3v) is 7.61. The summed E-state index contributed by atoms with van der Waals surface area (Å²) < 4.78 is 32.2. The molecule has 2 aliphatic heterocycles. The maximum atomic E-state index is 13.0. The van der Waals surface area contributed by atoms with Gasteiger partial charge in [-0.1, -0.05) is 24.3 Å². The van der Waals surface area contributed by atoms with E-state index in [1.54, 1.807) is 16.4 Å². The molecule has 0 aromatic heterocycles. The van der Waals surface area contributed by atoms with Crippen LogP contribution in [-0.2, 0) is 27.7 Å². The van der Waals surface area contributed by atoms with Crippen LogP contribution in [-0.4, -0.2) is 56.5 Å². The van der Waals surface area contributed by atoms with Crippen LogP contribution in [0.15, 0.2) is 53.4 Å². The van der Waals surface area contributed by atoms with Crippen LogP contribution in [0.5, 0.6) is 0 Å². The van der Waals surface area contributed by atoms with E-state index in [0.717, 1.165) is 25.9 Å². The molecule has 0 aliphatic carbocycles. The van der Waals surface area contributed by atoms with Gasteiger partial charge in [0.05, 0.1) is 12.0 Å². The summed E-state index contributed by atoms with van der Waals surface area (Å²) in [6.45, 7) is 2.87. The molecule has 29 heavy (non-hydrogen) atoms. The molecule has 2 aromatic carbocycles. The van der Waals surface area contributed by atoms with Gasteiger partial charge in [0.25, 0.3) is 0 Å². The molecular formula is C21H25N3O4S. The van der Waals surface area contributed by atoms with Gasteiger partial charge in [0.15, 0.2) is 0 Å². The highest BCUT2D eigenvalue weighted by molar-refractivity contribution is 7.89. The summed E-state index contributed by atoms with van der Waals surface area (Å²) in [7, 11) is -2.28. The first-order valence-electron chi connectivity index (χ1n) is 9.73. The Bertz CT molecular complexity index is 991. The molecule has 7 nitrogen and oxygen atoms in total. The summed E-state index contributed by atoms with van der Waals surface area (Å²) in [5.41, 5.74) is 3.22. The lowest BCUT2D eigenvalue weighted by Crippen LogP contribution is -2.41. The molecule has 1 amide bonds. The number of nitrogens with zero attached hydrogens (tertiary/aromatic N) is 2. The number of fused-ring (bicyclic) bond motifs is 1. The Morgan fingerprint density at radius 1 is 1.07 bits per heavy atom. The summed E-state index contributed by atoms with van der Waals surface area (Å²) in [5, 5.41) is 2.52. The van der Waals surface area contributed by atoms with E-state index in [2.05, 4.69) is 39.2 Å². The van der Waals surface area contributed by atoms with Gasteiger partial charge in [0, 0.05) is 37.9 Å². The van der Waals surface area contributed by atoms with E-state index in [0.29, 0.717) is 18.8 Å². The van der Waals surface area contributed by atoms with E-state index >= 15 is 0 Å². The number of ether oxygens (including phenoxy) is 1. The zero-order valence-electron chi connectivity index (χ0n) is 16.4. The lowest BCUT2D eigenvalue weighted by atomic mass is 9.98. The Kier molecular flexibility index (Phi) is 5.58. The molecular weight excluding hydrogens is 390 g/mol. The van der Waals surface area contributed by atoms with Gasteiger partial charge in [-0.15, -0.1) is 0 Å². The van der Waals surface area contributed by atoms with Crippen molar-refractivity contribution in [3.63, 3.8) is 0 Å². The highest BCUT2D eigenvalue weighted by Crippen LogP contribution is 2.28. The third-order valence-electron chi connectivity index (χ3n) is 5.73. The number of sulfonamides is 1. The van der Waals surface area contributed by atoms with Gasteiger partial charge in [-0.25, -0.2) is 13.2 Å². The van der Waals surface area contributed by atoms with E-state index in [-0.39, 0.29) is 10.9 Å². The molecule has 8 heteroatoms. The molecule has 1 fully saturated rings. The van der Waals surface area contributed by atoms with Crippen LogP contribution in [0.4, 0.5) is 10.5 Å². The molecule has 0 bridgehead atoms. The molecule has 0 spiro atoms. The summed E-state index contributed by atoms with van der Waals surface area (Å²) in [6, 6.07) is 14.9. The second-order valence-electron chi connectivity index (χ2n) is 7.44. The summed E-state index contributed by atoms with van der Waals surface area (Å²) in [5.74, 6) is 0. The van der Waals surface area contributed by atoms with Crippen LogP contribution < -0.4 is 5.32 Å². The van der Waals surface area contributed by atoms with Gasteiger partial charge in [-0.3, -0.25) is 10.2 Å². The summed E-state index contributed by atoms with van der Waals surface area (Å²) in [6.07, 6.45) is 1.25. The van der Waals surface area contributed by atoms with Crippen LogP contribution in [0.25, 0.3) is 0 Å². The first-order chi connectivity index (χ1) is 14.0. The minimum atomic E-state index is -3.56. The average molecular weight is 416 g/mol. The standard InChI is InChI=1S/C21H25N3O4S/c1-28-21(25)22-18-6-8-20(9-7-18)29(26,27)24-13-11-19(15-24)23-12-10-16-4-2-3-5-17(16)14-23/h2-9,19H,10-15H2,1H3,(H,22,25). The van der Waals surface area contributed by atoms with E-state index < -0.39 is 16.1 Å². The molecule has 0 radical (unpaired) electrons. The van der Waals surface area contributed by atoms with Crippen molar-refractivity contribution in [1.29, 1.82) is 0 Å². The minimum Gasteiger partial charge on any atom is -0.453 e. The number of methoxy groups -OCH3 is 1. The van der Waals surface area contributed by atoms with Crippen LogP contribution in [0.3, 0.4) is 0 Å². The fraction of sp³-hybridized carbons (Fsp3) is 0.381. The van der Waals surface area contributed by atoms with E-state index in [1.165, 1.54) is 30.4 Å². The number of hydrogen-bond donors (Lipinski definition) is 1. The highest BCUT2D eigenvalue weighted by atomic mass is 32.2. The fourth-order valence-electron chi connectivity index (χ4n) is 4.08. The summed E-state index contributed by atoms with van der Waals surface area (Å²) >= 11 is 0. The third kappa shape index (κ3) is 4.14. The van der Waals surface area contributed by atoms with Crippen molar-refractivity contribution in [2.45, 2.75) is 30.3 Å². The average Bonchev–Trinajstić information content (AvgIpc) is 3.25. The van der Waals surface area contributed by atoms with Crippen LogP contribution in [0.1, 0.15) is 17.5 Å². The Balaban J connectivity index is 1.42. The van der Waals surface area contributed by atoms with Gasteiger partial charge < -0.3 is 4.74 Å². The van der Waals surface area contributed by atoms with E-state index in [9.17, 15) is 13.2 Å². The SMILES string of the molecule is COC(=O)Nc1ccc(S(=O)(=O)N2CCC(N3CCc4ccccc4C3)C2)cc1. The fourth-order valence-corrected chi connectivity index (χ4v) is 5.58. The van der Waals surface area contributed by atoms with Crippen molar-refractivity contribution in [2.75, 3.05) is 32.1 Å². The van der Waals surface area contributed by atoms with Gasteiger partial charge in [-0.05, 0) is 48.2 Å². The second kappa shape index (κ2) is 8.14. The minimum absolute atomic E-state index is 0.234. The molecule has 154 valence electrons. The number of anilines is 1. The number of benzene rings is 2. The molecule has 1 atom stereocenters. The predicted molar refractivity (Wildman–Crippen MR) is 110 cm³/mol. The molecule has 4 rings (SSSR count). The normalized spacial score (nSPS) is 20.2. The maximum Gasteiger partial charge on any atom is 0.411 e. The molecule has 1 N–H and O–H groups in total. The van der Waals surface area contributed by atoms with Gasteiger partial charge in [0.1, 0.15) is 0 Å². The highest BCUT2D eigenvalue weighted by Gasteiger charge is 2.36. The number of hydrogen-bond acceptors (Lipinski definition) is 5. The number of carbonyl (C=O) groups is 1. The Morgan fingerprint density at radius 2 is 1.79 bits per heavy atom. The lowest BCUT2D eigenvalue weighted by Gasteiger charge is -2.33. The smallest absolute Gasteiger partial charge is 0.411 e.